The van der Waals surface area contributed by atoms with Gasteiger partial charge in [-0.15, -0.1) is 5.10 Å². The molecule has 1 saturated heterocycles. The minimum absolute atomic E-state index is 0.242. The lowest BCUT2D eigenvalue weighted by molar-refractivity contribution is -0.118. The molecule has 1 aliphatic heterocycles. The van der Waals surface area contributed by atoms with Gasteiger partial charge in [-0.3, -0.25) is 4.79 Å². The maximum absolute atomic E-state index is 13.0. The van der Waals surface area contributed by atoms with Gasteiger partial charge in [-0.05, 0) is 73.0 Å². The van der Waals surface area contributed by atoms with Gasteiger partial charge in [0.1, 0.15) is 6.04 Å². The van der Waals surface area contributed by atoms with Crippen LogP contribution in [-0.4, -0.2) is 51.3 Å². The van der Waals surface area contributed by atoms with Crippen molar-refractivity contribution in [2.45, 2.75) is 45.6 Å². The average molecular weight is 463 g/mol. The summed E-state index contributed by atoms with van der Waals surface area (Å²) in [5.41, 5.74) is 3.12. The second kappa shape index (κ2) is 10.8. The summed E-state index contributed by atoms with van der Waals surface area (Å²) in [6.07, 6.45) is 3.65. The lowest BCUT2D eigenvalue weighted by Crippen LogP contribution is -2.45. The van der Waals surface area contributed by atoms with E-state index in [1.54, 1.807) is 29.8 Å². The van der Waals surface area contributed by atoms with Crippen LogP contribution in [-0.2, 0) is 4.79 Å². The van der Waals surface area contributed by atoms with Crippen molar-refractivity contribution in [3.05, 3.63) is 54.4 Å². The SMILES string of the molecule is CCCC(NC(=O)Nc1cccc(-n2nnnc2C)c1)C(=O)Nc1cccc(N2CCCC2)c1. The number of nitrogens with zero attached hydrogens (tertiary/aromatic N) is 5. The number of tetrazole rings is 1. The predicted molar refractivity (Wildman–Crippen MR) is 131 cm³/mol. The highest BCUT2D eigenvalue weighted by molar-refractivity contribution is 5.99. The minimum Gasteiger partial charge on any atom is -0.371 e. The quantitative estimate of drug-likeness (QED) is 0.472. The van der Waals surface area contributed by atoms with Crippen molar-refractivity contribution in [2.24, 2.45) is 0 Å². The van der Waals surface area contributed by atoms with Crippen molar-refractivity contribution < 1.29 is 9.59 Å². The number of carbonyl (C=O) groups excluding carboxylic acids is 2. The molecule has 1 aromatic heterocycles. The Labute approximate surface area is 198 Å². The van der Waals surface area contributed by atoms with Crippen LogP contribution in [0.5, 0.6) is 0 Å². The highest BCUT2D eigenvalue weighted by atomic mass is 16.2. The summed E-state index contributed by atoms with van der Waals surface area (Å²) >= 11 is 0. The van der Waals surface area contributed by atoms with E-state index in [-0.39, 0.29) is 5.91 Å². The maximum atomic E-state index is 13.0. The van der Waals surface area contributed by atoms with Gasteiger partial charge in [0, 0.05) is 30.2 Å². The zero-order chi connectivity index (χ0) is 23.9. The Hall–Kier alpha value is -3.95. The number of benzene rings is 2. The molecular formula is C24H30N8O2. The number of aromatic nitrogens is 4. The number of nitrogens with one attached hydrogen (secondary N) is 3. The van der Waals surface area contributed by atoms with Crippen LogP contribution in [0, 0.1) is 6.92 Å². The van der Waals surface area contributed by atoms with Gasteiger partial charge in [-0.2, -0.15) is 4.68 Å². The zero-order valence-corrected chi connectivity index (χ0v) is 19.5. The molecule has 1 atom stereocenters. The third kappa shape index (κ3) is 5.69. The van der Waals surface area contributed by atoms with E-state index in [9.17, 15) is 9.59 Å². The minimum atomic E-state index is -0.662. The first-order valence-electron chi connectivity index (χ1n) is 11.6. The van der Waals surface area contributed by atoms with Crippen molar-refractivity contribution in [1.29, 1.82) is 0 Å². The largest absolute Gasteiger partial charge is 0.371 e. The standard InChI is InChI=1S/C24H30N8O2/c1-3-8-22(23(33)25-18-9-6-11-20(15-18)31-13-4-5-14-31)27-24(34)26-19-10-7-12-21(16-19)32-17(2)28-29-30-32/h6-7,9-12,15-16,22H,3-5,8,13-14H2,1-2H3,(H,25,33)(H2,26,27,34). The van der Waals surface area contributed by atoms with Gasteiger partial charge >= 0.3 is 6.03 Å². The highest BCUT2D eigenvalue weighted by Gasteiger charge is 2.21. The Morgan fingerprint density at radius 2 is 1.68 bits per heavy atom. The van der Waals surface area contributed by atoms with Gasteiger partial charge in [0.05, 0.1) is 5.69 Å². The number of hydrogen-bond acceptors (Lipinski definition) is 6. The van der Waals surface area contributed by atoms with Crippen LogP contribution in [0.25, 0.3) is 5.69 Å². The molecule has 1 fully saturated rings. The first kappa shape index (κ1) is 23.2. The van der Waals surface area contributed by atoms with Crippen molar-refractivity contribution in [3.8, 4) is 5.69 Å². The average Bonchev–Trinajstić information content (AvgIpc) is 3.51. The van der Waals surface area contributed by atoms with E-state index in [0.717, 1.165) is 36.6 Å². The second-order valence-corrected chi connectivity index (χ2v) is 8.36. The molecule has 1 unspecified atom stereocenters. The smallest absolute Gasteiger partial charge is 0.319 e. The molecular weight excluding hydrogens is 432 g/mol. The lowest BCUT2D eigenvalue weighted by Gasteiger charge is -2.20. The molecule has 2 heterocycles. The summed E-state index contributed by atoms with van der Waals surface area (Å²) in [6, 6.07) is 13.9. The van der Waals surface area contributed by atoms with Gasteiger partial charge < -0.3 is 20.9 Å². The molecule has 0 aliphatic carbocycles. The zero-order valence-electron chi connectivity index (χ0n) is 19.5. The predicted octanol–water partition coefficient (Wildman–Crippen LogP) is 3.50. The Balaban J connectivity index is 1.39. The lowest BCUT2D eigenvalue weighted by atomic mass is 10.1. The fourth-order valence-corrected chi connectivity index (χ4v) is 4.05. The molecule has 4 rings (SSSR count). The van der Waals surface area contributed by atoms with E-state index < -0.39 is 12.1 Å². The van der Waals surface area contributed by atoms with Crippen LogP contribution in [0.15, 0.2) is 48.5 Å². The molecule has 10 nitrogen and oxygen atoms in total. The van der Waals surface area contributed by atoms with Gasteiger partial charge in [0.25, 0.3) is 0 Å². The van der Waals surface area contributed by atoms with Gasteiger partial charge in [-0.25, -0.2) is 4.79 Å². The van der Waals surface area contributed by atoms with Gasteiger partial charge in [0.15, 0.2) is 5.82 Å². The highest BCUT2D eigenvalue weighted by Crippen LogP contribution is 2.23. The normalized spacial score (nSPS) is 14.0. The third-order valence-corrected chi connectivity index (χ3v) is 5.76. The summed E-state index contributed by atoms with van der Waals surface area (Å²) in [4.78, 5) is 28.0. The van der Waals surface area contributed by atoms with Crippen LogP contribution in [0.4, 0.5) is 21.9 Å². The van der Waals surface area contributed by atoms with Crippen molar-refractivity contribution in [3.63, 3.8) is 0 Å². The molecule has 0 saturated carbocycles. The van der Waals surface area contributed by atoms with Crippen LogP contribution in [0.2, 0.25) is 0 Å². The maximum Gasteiger partial charge on any atom is 0.319 e. The summed E-state index contributed by atoms with van der Waals surface area (Å²) in [6.45, 7) is 5.84. The number of aryl methyl sites for hydroxylation is 1. The van der Waals surface area contributed by atoms with E-state index in [2.05, 4.69) is 42.4 Å². The number of carbonyl (C=O) groups is 2. The van der Waals surface area contributed by atoms with Crippen molar-refractivity contribution in [1.82, 2.24) is 25.5 Å². The van der Waals surface area contributed by atoms with Crippen molar-refractivity contribution >= 4 is 29.0 Å². The number of anilines is 3. The van der Waals surface area contributed by atoms with Crippen LogP contribution >= 0.6 is 0 Å². The number of rotatable bonds is 8. The third-order valence-electron chi connectivity index (χ3n) is 5.76. The van der Waals surface area contributed by atoms with Crippen LogP contribution in [0.3, 0.4) is 0 Å². The topological polar surface area (TPSA) is 117 Å². The first-order chi connectivity index (χ1) is 16.5. The fourth-order valence-electron chi connectivity index (χ4n) is 4.05. The fraction of sp³-hybridized carbons (Fsp3) is 0.375. The molecule has 1 aliphatic rings. The van der Waals surface area contributed by atoms with Gasteiger partial charge in [-0.1, -0.05) is 25.5 Å². The molecule has 34 heavy (non-hydrogen) atoms. The summed E-state index contributed by atoms with van der Waals surface area (Å²) in [7, 11) is 0. The molecule has 0 radical (unpaired) electrons. The summed E-state index contributed by atoms with van der Waals surface area (Å²) < 4.78 is 1.58. The number of hydrogen-bond donors (Lipinski definition) is 3. The Morgan fingerprint density at radius 3 is 2.35 bits per heavy atom. The van der Waals surface area contributed by atoms with E-state index >= 15 is 0 Å². The molecule has 10 heteroatoms. The van der Waals surface area contributed by atoms with E-state index in [1.807, 2.05) is 31.2 Å². The Bertz CT molecular complexity index is 1140. The van der Waals surface area contributed by atoms with Gasteiger partial charge in [0.2, 0.25) is 5.91 Å². The molecule has 2 aromatic carbocycles. The van der Waals surface area contributed by atoms with Crippen LogP contribution in [0.1, 0.15) is 38.4 Å². The Kier molecular flexibility index (Phi) is 7.36. The van der Waals surface area contributed by atoms with E-state index in [4.69, 9.17) is 0 Å². The molecule has 0 bridgehead atoms. The molecule has 178 valence electrons. The molecule has 3 aromatic rings. The molecule has 3 amide bonds. The summed E-state index contributed by atoms with van der Waals surface area (Å²) in [5.74, 6) is 0.392. The number of urea groups is 1. The monoisotopic (exact) mass is 462 g/mol. The second-order valence-electron chi connectivity index (χ2n) is 8.36. The van der Waals surface area contributed by atoms with Crippen LogP contribution < -0.4 is 20.9 Å². The first-order valence-corrected chi connectivity index (χ1v) is 11.6. The molecule has 0 spiro atoms. The molecule has 3 N–H and O–H groups in total. The number of amides is 3. The van der Waals surface area contributed by atoms with Crippen molar-refractivity contribution in [2.75, 3.05) is 28.6 Å². The van der Waals surface area contributed by atoms with E-state index in [0.29, 0.717) is 17.9 Å². The Morgan fingerprint density at radius 1 is 1.00 bits per heavy atom. The summed E-state index contributed by atoms with van der Waals surface area (Å²) in [5, 5.41) is 20.0. The van der Waals surface area contributed by atoms with E-state index in [1.165, 1.54) is 12.8 Å².